The van der Waals surface area contributed by atoms with Crippen LogP contribution in [0.2, 0.25) is 0 Å². The molecule has 0 bridgehead atoms. The second-order valence-corrected chi connectivity index (χ2v) is 9.54. The summed E-state index contributed by atoms with van der Waals surface area (Å²) in [5.74, 6) is 7.73. The predicted octanol–water partition coefficient (Wildman–Crippen LogP) is 6.84. The summed E-state index contributed by atoms with van der Waals surface area (Å²) in [5, 5.41) is 0. The van der Waals surface area contributed by atoms with Crippen molar-refractivity contribution in [2.24, 2.45) is 41.4 Å². The molecular weight excluding hydrogens is 264 g/mol. The summed E-state index contributed by atoms with van der Waals surface area (Å²) in [6, 6.07) is 0. The van der Waals surface area contributed by atoms with E-state index < -0.39 is 0 Å². The molecule has 0 radical (unpaired) electrons. The van der Waals surface area contributed by atoms with E-state index in [1.807, 2.05) is 0 Å². The van der Waals surface area contributed by atoms with Crippen LogP contribution in [0.25, 0.3) is 0 Å². The van der Waals surface area contributed by atoms with Crippen LogP contribution < -0.4 is 0 Å². The third kappa shape index (κ3) is 3.01. The zero-order chi connectivity index (χ0) is 14.9. The molecule has 7 unspecified atom stereocenters. The van der Waals surface area contributed by atoms with Crippen LogP contribution in [-0.4, -0.2) is 0 Å². The molecule has 126 valence electrons. The van der Waals surface area contributed by atoms with Gasteiger partial charge in [-0.05, 0) is 73.5 Å². The standard InChI is InChI=1S/C22H38/c1-16(19-14-13-17-7-2-3-9-20(17)15-19)21-12-6-10-18-8-4-5-11-22(18)21/h16-22H,2-15H2,1H3. The second-order valence-electron chi connectivity index (χ2n) is 9.54. The van der Waals surface area contributed by atoms with Gasteiger partial charge in [0.2, 0.25) is 0 Å². The highest BCUT2D eigenvalue weighted by molar-refractivity contribution is 4.92. The molecule has 0 saturated heterocycles. The minimum Gasteiger partial charge on any atom is -0.0620 e. The van der Waals surface area contributed by atoms with Crippen LogP contribution in [0.5, 0.6) is 0 Å². The zero-order valence-corrected chi connectivity index (χ0v) is 14.9. The highest BCUT2D eigenvalue weighted by Crippen LogP contribution is 2.52. The van der Waals surface area contributed by atoms with Gasteiger partial charge in [-0.3, -0.25) is 0 Å². The maximum Gasteiger partial charge on any atom is -0.0355 e. The van der Waals surface area contributed by atoms with Crippen LogP contribution in [0.3, 0.4) is 0 Å². The SMILES string of the molecule is CC(C1CCC2CCCCC2C1)C1CCCC2CCCCC21. The lowest BCUT2D eigenvalue weighted by molar-refractivity contribution is 0.0187. The van der Waals surface area contributed by atoms with Crippen molar-refractivity contribution < 1.29 is 0 Å². The second kappa shape index (κ2) is 6.86. The topological polar surface area (TPSA) is 0 Å². The molecule has 0 aromatic rings. The normalized spacial score (nSPS) is 47.3. The summed E-state index contributed by atoms with van der Waals surface area (Å²) in [7, 11) is 0. The Morgan fingerprint density at radius 3 is 2.14 bits per heavy atom. The Hall–Kier alpha value is 0. The molecule has 4 fully saturated rings. The summed E-state index contributed by atoms with van der Waals surface area (Å²) >= 11 is 0. The van der Waals surface area contributed by atoms with Crippen LogP contribution in [0.4, 0.5) is 0 Å². The van der Waals surface area contributed by atoms with Crippen molar-refractivity contribution in [3.05, 3.63) is 0 Å². The molecule has 4 rings (SSSR count). The lowest BCUT2D eigenvalue weighted by atomic mass is 9.57. The average Bonchev–Trinajstić information content (AvgIpc) is 2.60. The number of fused-ring (bicyclic) bond motifs is 2. The monoisotopic (exact) mass is 302 g/mol. The highest BCUT2D eigenvalue weighted by Gasteiger charge is 2.41. The van der Waals surface area contributed by atoms with Gasteiger partial charge in [0.25, 0.3) is 0 Å². The maximum atomic E-state index is 2.68. The van der Waals surface area contributed by atoms with Crippen molar-refractivity contribution in [2.75, 3.05) is 0 Å². The fourth-order valence-electron chi connectivity index (χ4n) is 7.38. The highest BCUT2D eigenvalue weighted by atomic mass is 14.5. The third-order valence-electron chi connectivity index (χ3n) is 8.63. The molecule has 0 heterocycles. The van der Waals surface area contributed by atoms with E-state index >= 15 is 0 Å². The van der Waals surface area contributed by atoms with Crippen LogP contribution in [-0.2, 0) is 0 Å². The van der Waals surface area contributed by atoms with Crippen molar-refractivity contribution in [2.45, 2.75) is 96.8 Å². The number of hydrogen-bond donors (Lipinski definition) is 0. The molecule has 0 aliphatic heterocycles. The average molecular weight is 303 g/mol. The number of hydrogen-bond acceptors (Lipinski definition) is 0. The van der Waals surface area contributed by atoms with Gasteiger partial charge in [0.15, 0.2) is 0 Å². The van der Waals surface area contributed by atoms with Gasteiger partial charge in [-0.15, -0.1) is 0 Å². The lowest BCUT2D eigenvalue weighted by Crippen LogP contribution is -2.39. The van der Waals surface area contributed by atoms with Crippen LogP contribution in [0, 0.1) is 41.4 Å². The van der Waals surface area contributed by atoms with Crippen molar-refractivity contribution in [1.29, 1.82) is 0 Å². The molecule has 4 aliphatic rings. The first-order valence-corrected chi connectivity index (χ1v) is 10.8. The van der Waals surface area contributed by atoms with E-state index in [0.29, 0.717) is 0 Å². The summed E-state index contributed by atoms with van der Waals surface area (Å²) in [5.41, 5.74) is 0. The van der Waals surface area contributed by atoms with Gasteiger partial charge in [0, 0.05) is 0 Å². The Labute approximate surface area is 138 Å². The lowest BCUT2D eigenvalue weighted by Gasteiger charge is -2.48. The molecule has 0 N–H and O–H groups in total. The molecular formula is C22H38. The van der Waals surface area contributed by atoms with E-state index in [4.69, 9.17) is 0 Å². The molecule has 4 aliphatic carbocycles. The minimum atomic E-state index is 1.04. The van der Waals surface area contributed by atoms with Gasteiger partial charge in [-0.25, -0.2) is 0 Å². The van der Waals surface area contributed by atoms with Gasteiger partial charge in [0.05, 0.1) is 0 Å². The Balaban J connectivity index is 1.41. The van der Waals surface area contributed by atoms with Gasteiger partial charge in [0.1, 0.15) is 0 Å². The third-order valence-corrected chi connectivity index (χ3v) is 8.63. The molecule has 0 aromatic heterocycles. The summed E-state index contributed by atoms with van der Waals surface area (Å²) < 4.78 is 0. The first-order valence-electron chi connectivity index (χ1n) is 10.8. The molecule has 0 amide bonds. The molecule has 7 atom stereocenters. The molecule has 4 saturated carbocycles. The number of rotatable bonds is 2. The van der Waals surface area contributed by atoms with Crippen molar-refractivity contribution in [1.82, 2.24) is 0 Å². The maximum absolute atomic E-state index is 2.68. The fourth-order valence-corrected chi connectivity index (χ4v) is 7.38. The van der Waals surface area contributed by atoms with Crippen LogP contribution >= 0.6 is 0 Å². The Kier molecular flexibility index (Phi) is 4.84. The fraction of sp³-hybridized carbons (Fsp3) is 1.00. The van der Waals surface area contributed by atoms with Gasteiger partial charge >= 0.3 is 0 Å². The van der Waals surface area contributed by atoms with Gasteiger partial charge < -0.3 is 0 Å². The zero-order valence-electron chi connectivity index (χ0n) is 14.9. The first-order chi connectivity index (χ1) is 10.8. The Morgan fingerprint density at radius 1 is 0.591 bits per heavy atom. The van der Waals surface area contributed by atoms with E-state index in [0.717, 1.165) is 41.4 Å². The van der Waals surface area contributed by atoms with Crippen molar-refractivity contribution in [3.63, 3.8) is 0 Å². The first kappa shape index (κ1) is 15.5. The molecule has 0 spiro atoms. The van der Waals surface area contributed by atoms with Crippen LogP contribution in [0.1, 0.15) is 96.8 Å². The quantitative estimate of drug-likeness (QED) is 0.524. The summed E-state index contributed by atoms with van der Waals surface area (Å²) in [6.45, 7) is 2.68. The van der Waals surface area contributed by atoms with Crippen molar-refractivity contribution >= 4 is 0 Å². The van der Waals surface area contributed by atoms with E-state index in [1.165, 1.54) is 19.3 Å². The molecule has 22 heavy (non-hydrogen) atoms. The summed E-state index contributed by atoms with van der Waals surface area (Å²) in [4.78, 5) is 0. The van der Waals surface area contributed by atoms with Crippen molar-refractivity contribution in [3.8, 4) is 0 Å². The van der Waals surface area contributed by atoms with Crippen LogP contribution in [0.15, 0.2) is 0 Å². The predicted molar refractivity (Wildman–Crippen MR) is 94.7 cm³/mol. The summed E-state index contributed by atoms with van der Waals surface area (Å²) in [6.07, 6.45) is 21.9. The molecule has 0 aromatic carbocycles. The molecule has 0 nitrogen and oxygen atoms in total. The Morgan fingerprint density at radius 2 is 1.27 bits per heavy atom. The molecule has 0 heteroatoms. The van der Waals surface area contributed by atoms with Gasteiger partial charge in [-0.2, -0.15) is 0 Å². The van der Waals surface area contributed by atoms with E-state index in [1.54, 1.807) is 70.6 Å². The van der Waals surface area contributed by atoms with E-state index in [9.17, 15) is 0 Å². The van der Waals surface area contributed by atoms with E-state index in [-0.39, 0.29) is 0 Å². The smallest absolute Gasteiger partial charge is 0.0355 e. The van der Waals surface area contributed by atoms with E-state index in [2.05, 4.69) is 6.92 Å². The largest absolute Gasteiger partial charge is 0.0620 e. The minimum absolute atomic E-state index is 1.04. The Bertz CT molecular complexity index is 357. The van der Waals surface area contributed by atoms with Gasteiger partial charge in [-0.1, -0.05) is 64.7 Å².